The second-order valence-corrected chi connectivity index (χ2v) is 6.67. The van der Waals surface area contributed by atoms with Crippen LogP contribution in [0.5, 0.6) is 0 Å². The topological polar surface area (TPSA) is 105 Å². The lowest BCUT2D eigenvalue weighted by atomic mass is 9.97. The second-order valence-electron chi connectivity index (χ2n) is 5.29. The number of carbonyl (C=O) groups excluding carboxylic acids is 1. The van der Waals surface area contributed by atoms with Gasteiger partial charge in [0.15, 0.2) is 0 Å². The normalized spacial score (nSPS) is 19.5. The zero-order valence-corrected chi connectivity index (χ0v) is 12.8. The van der Waals surface area contributed by atoms with Crippen molar-refractivity contribution in [2.24, 2.45) is 11.1 Å². The van der Waals surface area contributed by atoms with Crippen molar-refractivity contribution in [1.82, 2.24) is 14.6 Å². The molecule has 0 aromatic carbocycles. The number of piperidine rings is 1. The minimum atomic E-state index is -3.68. The number of aromatic nitrogens is 1. The fraction of sp³-hybridized carbons (Fsp3) is 0.538. The van der Waals surface area contributed by atoms with Crippen LogP contribution in [0.15, 0.2) is 18.3 Å². The molecule has 1 unspecified atom stereocenters. The van der Waals surface area contributed by atoms with E-state index in [-0.39, 0.29) is 18.4 Å². The van der Waals surface area contributed by atoms with Crippen molar-refractivity contribution in [2.45, 2.75) is 19.8 Å². The zero-order valence-electron chi connectivity index (χ0n) is 11.9. The lowest BCUT2D eigenvalue weighted by Gasteiger charge is -2.33. The number of likely N-dealkylation sites (tertiary alicyclic amines) is 1. The molecule has 21 heavy (non-hydrogen) atoms. The van der Waals surface area contributed by atoms with Crippen LogP contribution < -0.4 is 9.86 Å². The first-order valence-electron chi connectivity index (χ1n) is 6.85. The zero-order chi connectivity index (χ0) is 15.5. The summed E-state index contributed by atoms with van der Waals surface area (Å²) in [5.41, 5.74) is 1.30. The molecule has 1 amide bonds. The number of hydrogen-bond acceptors (Lipinski definition) is 4. The summed E-state index contributed by atoms with van der Waals surface area (Å²) in [5.74, 6) is 0.0268. The molecular formula is C13H20N4O3S. The van der Waals surface area contributed by atoms with Gasteiger partial charge in [-0.25, -0.2) is 9.86 Å². The molecule has 1 aliphatic rings. The molecule has 1 fully saturated rings. The first kappa shape index (κ1) is 15.9. The summed E-state index contributed by atoms with van der Waals surface area (Å²) in [6, 6.07) is 3.50. The lowest BCUT2D eigenvalue weighted by molar-refractivity contribution is 0.0675. The van der Waals surface area contributed by atoms with Gasteiger partial charge in [0.2, 0.25) is 0 Å². The van der Waals surface area contributed by atoms with Gasteiger partial charge in [0, 0.05) is 31.5 Å². The Balaban J connectivity index is 2.01. The molecule has 2 heterocycles. The Morgan fingerprint density at radius 1 is 1.57 bits per heavy atom. The van der Waals surface area contributed by atoms with Gasteiger partial charge >= 0.3 is 0 Å². The maximum atomic E-state index is 12.5. The number of carbonyl (C=O) groups is 1. The highest BCUT2D eigenvalue weighted by atomic mass is 32.2. The molecule has 0 spiro atoms. The van der Waals surface area contributed by atoms with Gasteiger partial charge < -0.3 is 4.90 Å². The second kappa shape index (κ2) is 6.50. The summed E-state index contributed by atoms with van der Waals surface area (Å²) in [4.78, 5) is 18.4. The summed E-state index contributed by atoms with van der Waals surface area (Å²) in [6.07, 6.45) is 3.38. The molecule has 8 heteroatoms. The van der Waals surface area contributed by atoms with Crippen LogP contribution in [0.2, 0.25) is 0 Å². The molecule has 0 radical (unpaired) electrons. The molecule has 0 aliphatic carbocycles. The van der Waals surface area contributed by atoms with Crippen LogP contribution in [0.1, 0.15) is 28.9 Å². The Morgan fingerprint density at radius 2 is 2.33 bits per heavy atom. The number of hydrogen-bond donors (Lipinski definition) is 2. The molecule has 116 valence electrons. The largest absolute Gasteiger partial charge is 0.338 e. The highest BCUT2D eigenvalue weighted by Crippen LogP contribution is 2.19. The molecule has 0 bridgehead atoms. The lowest BCUT2D eigenvalue weighted by Crippen LogP contribution is -2.44. The highest BCUT2D eigenvalue weighted by Gasteiger charge is 2.25. The third-order valence-corrected chi connectivity index (χ3v) is 4.19. The van der Waals surface area contributed by atoms with Crippen LogP contribution in [0.4, 0.5) is 0 Å². The van der Waals surface area contributed by atoms with Crippen molar-refractivity contribution in [3.8, 4) is 0 Å². The van der Waals surface area contributed by atoms with Gasteiger partial charge in [0.05, 0.1) is 5.56 Å². The van der Waals surface area contributed by atoms with E-state index in [0.29, 0.717) is 24.3 Å². The molecular weight excluding hydrogens is 292 g/mol. The Hall–Kier alpha value is -1.51. The van der Waals surface area contributed by atoms with E-state index in [2.05, 4.69) is 9.71 Å². The SMILES string of the molecule is Cc1ncccc1C(=O)N1CCCC(CNS(N)(=O)=O)C1. The Kier molecular flexibility index (Phi) is 4.92. The Morgan fingerprint density at radius 3 is 3.00 bits per heavy atom. The van der Waals surface area contributed by atoms with Gasteiger partial charge in [0.1, 0.15) is 0 Å². The van der Waals surface area contributed by atoms with Crippen LogP contribution >= 0.6 is 0 Å². The van der Waals surface area contributed by atoms with Gasteiger partial charge in [-0.05, 0) is 37.8 Å². The van der Waals surface area contributed by atoms with Gasteiger partial charge in [0.25, 0.3) is 16.1 Å². The van der Waals surface area contributed by atoms with E-state index in [1.807, 2.05) is 0 Å². The number of amides is 1. The first-order chi connectivity index (χ1) is 9.87. The maximum absolute atomic E-state index is 12.5. The van der Waals surface area contributed by atoms with Gasteiger partial charge in [-0.3, -0.25) is 9.78 Å². The van der Waals surface area contributed by atoms with E-state index >= 15 is 0 Å². The summed E-state index contributed by atoms with van der Waals surface area (Å²) in [7, 11) is -3.68. The molecule has 3 N–H and O–H groups in total. The minimum Gasteiger partial charge on any atom is -0.338 e. The molecule has 1 saturated heterocycles. The van der Waals surface area contributed by atoms with E-state index < -0.39 is 10.2 Å². The van der Waals surface area contributed by atoms with Crippen molar-refractivity contribution >= 4 is 16.1 Å². The number of rotatable bonds is 4. The van der Waals surface area contributed by atoms with Crippen LogP contribution in [-0.2, 0) is 10.2 Å². The number of nitrogens with two attached hydrogens (primary N) is 1. The Bertz CT molecular complexity index is 618. The van der Waals surface area contributed by atoms with Crippen molar-refractivity contribution in [2.75, 3.05) is 19.6 Å². The average molecular weight is 312 g/mol. The van der Waals surface area contributed by atoms with Gasteiger partial charge in [-0.15, -0.1) is 0 Å². The Labute approximate surface area is 124 Å². The number of nitrogens with one attached hydrogen (secondary N) is 1. The van der Waals surface area contributed by atoms with E-state index in [1.54, 1.807) is 30.2 Å². The molecule has 7 nitrogen and oxygen atoms in total. The number of pyridine rings is 1. The molecule has 1 aromatic rings. The summed E-state index contributed by atoms with van der Waals surface area (Å²) >= 11 is 0. The summed E-state index contributed by atoms with van der Waals surface area (Å²) in [5, 5.41) is 4.93. The van der Waals surface area contributed by atoms with Crippen molar-refractivity contribution in [1.29, 1.82) is 0 Å². The van der Waals surface area contributed by atoms with Crippen molar-refractivity contribution in [3.05, 3.63) is 29.6 Å². The molecule has 1 aliphatic heterocycles. The molecule has 1 atom stereocenters. The number of aryl methyl sites for hydroxylation is 1. The molecule has 2 rings (SSSR count). The van der Waals surface area contributed by atoms with Gasteiger partial charge in [-0.1, -0.05) is 0 Å². The monoisotopic (exact) mass is 312 g/mol. The van der Waals surface area contributed by atoms with Crippen LogP contribution in [0.25, 0.3) is 0 Å². The molecule has 1 aromatic heterocycles. The van der Waals surface area contributed by atoms with Crippen molar-refractivity contribution < 1.29 is 13.2 Å². The fourth-order valence-electron chi connectivity index (χ4n) is 2.53. The fourth-order valence-corrected chi connectivity index (χ4v) is 3.00. The average Bonchev–Trinajstić information content (AvgIpc) is 2.44. The number of nitrogens with zero attached hydrogens (tertiary/aromatic N) is 2. The van der Waals surface area contributed by atoms with E-state index in [4.69, 9.17) is 5.14 Å². The molecule has 0 saturated carbocycles. The smallest absolute Gasteiger partial charge is 0.274 e. The summed E-state index contributed by atoms with van der Waals surface area (Å²) < 4.78 is 24.2. The predicted molar refractivity (Wildman–Crippen MR) is 78.7 cm³/mol. The van der Waals surface area contributed by atoms with Crippen LogP contribution in [0.3, 0.4) is 0 Å². The van der Waals surface area contributed by atoms with Gasteiger partial charge in [-0.2, -0.15) is 8.42 Å². The van der Waals surface area contributed by atoms with E-state index in [0.717, 1.165) is 12.8 Å². The maximum Gasteiger partial charge on any atom is 0.274 e. The third-order valence-electron chi connectivity index (χ3n) is 3.62. The predicted octanol–water partition coefficient (Wildman–Crippen LogP) is 0.0353. The van der Waals surface area contributed by atoms with Crippen LogP contribution in [0, 0.1) is 12.8 Å². The van der Waals surface area contributed by atoms with E-state index in [9.17, 15) is 13.2 Å². The standard InChI is InChI=1S/C13H20N4O3S/c1-10-12(5-2-6-15-10)13(18)17-7-3-4-11(9-17)8-16-21(14,19)20/h2,5-6,11,16H,3-4,7-9H2,1H3,(H2,14,19,20). The van der Waals surface area contributed by atoms with Crippen LogP contribution in [-0.4, -0.2) is 43.8 Å². The minimum absolute atomic E-state index is 0.0547. The first-order valence-corrected chi connectivity index (χ1v) is 8.40. The summed E-state index contributed by atoms with van der Waals surface area (Å²) in [6.45, 7) is 3.26. The third kappa shape index (κ3) is 4.48. The van der Waals surface area contributed by atoms with E-state index in [1.165, 1.54) is 0 Å². The quantitative estimate of drug-likeness (QED) is 0.818. The highest BCUT2D eigenvalue weighted by molar-refractivity contribution is 7.87. The van der Waals surface area contributed by atoms with Crippen molar-refractivity contribution in [3.63, 3.8) is 0 Å².